The van der Waals surface area contributed by atoms with Crippen LogP contribution in [0.25, 0.3) is 0 Å². The van der Waals surface area contributed by atoms with Crippen LogP contribution in [-0.2, 0) is 6.18 Å². The first-order valence-electron chi connectivity index (χ1n) is 7.16. The van der Waals surface area contributed by atoms with Gasteiger partial charge in [0.2, 0.25) is 0 Å². The van der Waals surface area contributed by atoms with Gasteiger partial charge in [-0.3, -0.25) is 9.89 Å². The molecule has 122 valence electrons. The van der Waals surface area contributed by atoms with Crippen LogP contribution in [-0.4, -0.2) is 35.2 Å². The molecule has 5 nitrogen and oxygen atoms in total. The number of rotatable bonds is 3. The molecule has 0 aliphatic carbocycles. The number of halogens is 3. The molecule has 1 aliphatic heterocycles. The van der Waals surface area contributed by atoms with Crippen LogP contribution in [0.4, 0.5) is 18.9 Å². The highest BCUT2D eigenvalue weighted by Crippen LogP contribution is 2.37. The topological polar surface area (TPSA) is 61.0 Å². The van der Waals surface area contributed by atoms with Crippen molar-refractivity contribution >= 4 is 11.6 Å². The molecule has 23 heavy (non-hydrogen) atoms. The SMILES string of the molecule is O=C(NC1CCN(c2ccccc2C(F)(F)F)C1)c1cn[nH]c1. The summed E-state index contributed by atoms with van der Waals surface area (Å²) in [6.45, 7) is 0.806. The van der Waals surface area contributed by atoms with E-state index in [1.54, 1.807) is 11.0 Å². The van der Waals surface area contributed by atoms with Crippen LogP contribution < -0.4 is 10.2 Å². The summed E-state index contributed by atoms with van der Waals surface area (Å²) >= 11 is 0. The van der Waals surface area contributed by atoms with Gasteiger partial charge in [0.1, 0.15) is 0 Å². The zero-order valence-corrected chi connectivity index (χ0v) is 12.1. The Kier molecular flexibility index (Phi) is 3.97. The van der Waals surface area contributed by atoms with Crippen LogP contribution in [0.5, 0.6) is 0 Å². The number of aromatic nitrogens is 2. The van der Waals surface area contributed by atoms with Gasteiger partial charge in [-0.1, -0.05) is 12.1 Å². The quantitative estimate of drug-likeness (QED) is 0.912. The highest BCUT2D eigenvalue weighted by molar-refractivity contribution is 5.93. The molecule has 1 fully saturated rings. The Morgan fingerprint density at radius 1 is 1.35 bits per heavy atom. The molecule has 0 saturated carbocycles. The van der Waals surface area contributed by atoms with Gasteiger partial charge in [0, 0.05) is 31.0 Å². The van der Waals surface area contributed by atoms with Crippen molar-refractivity contribution in [3.63, 3.8) is 0 Å². The third kappa shape index (κ3) is 3.30. The molecule has 2 aromatic rings. The lowest BCUT2D eigenvalue weighted by atomic mass is 10.1. The minimum absolute atomic E-state index is 0.153. The number of aromatic amines is 1. The van der Waals surface area contributed by atoms with Gasteiger partial charge in [-0.05, 0) is 18.6 Å². The van der Waals surface area contributed by atoms with Crippen LogP contribution in [0, 0.1) is 0 Å². The Hall–Kier alpha value is -2.51. The minimum Gasteiger partial charge on any atom is -0.369 e. The van der Waals surface area contributed by atoms with Crippen molar-refractivity contribution in [1.29, 1.82) is 0 Å². The summed E-state index contributed by atoms with van der Waals surface area (Å²) in [5, 5.41) is 9.06. The number of carbonyl (C=O) groups is 1. The van der Waals surface area contributed by atoms with Gasteiger partial charge in [-0.25, -0.2) is 0 Å². The molecule has 2 heterocycles. The number of nitrogens with one attached hydrogen (secondary N) is 2. The number of nitrogens with zero attached hydrogens (tertiary/aromatic N) is 2. The van der Waals surface area contributed by atoms with E-state index in [4.69, 9.17) is 0 Å². The van der Waals surface area contributed by atoms with Crippen molar-refractivity contribution in [2.45, 2.75) is 18.6 Å². The lowest BCUT2D eigenvalue weighted by Gasteiger charge is -2.23. The lowest BCUT2D eigenvalue weighted by molar-refractivity contribution is -0.137. The van der Waals surface area contributed by atoms with E-state index in [0.717, 1.165) is 6.07 Å². The molecule has 1 saturated heterocycles. The number of benzene rings is 1. The van der Waals surface area contributed by atoms with Crippen LogP contribution in [0.1, 0.15) is 22.3 Å². The van der Waals surface area contributed by atoms with Crippen molar-refractivity contribution in [2.75, 3.05) is 18.0 Å². The summed E-state index contributed by atoms with van der Waals surface area (Å²) in [6.07, 6.45) is -0.924. The summed E-state index contributed by atoms with van der Waals surface area (Å²) < 4.78 is 39.3. The molecular formula is C15H15F3N4O. The van der Waals surface area contributed by atoms with Crippen molar-refractivity contribution < 1.29 is 18.0 Å². The molecular weight excluding hydrogens is 309 g/mol. The molecule has 0 spiro atoms. The third-order valence-electron chi connectivity index (χ3n) is 3.83. The second-order valence-corrected chi connectivity index (χ2v) is 5.41. The van der Waals surface area contributed by atoms with E-state index in [-0.39, 0.29) is 17.6 Å². The van der Waals surface area contributed by atoms with E-state index in [1.165, 1.54) is 24.5 Å². The monoisotopic (exact) mass is 324 g/mol. The second-order valence-electron chi connectivity index (χ2n) is 5.41. The number of carbonyl (C=O) groups excluding carboxylic acids is 1. The molecule has 1 aromatic heterocycles. The number of hydrogen-bond acceptors (Lipinski definition) is 3. The fourth-order valence-corrected chi connectivity index (χ4v) is 2.73. The molecule has 1 aromatic carbocycles. The van der Waals surface area contributed by atoms with Crippen LogP contribution in [0.15, 0.2) is 36.7 Å². The zero-order valence-electron chi connectivity index (χ0n) is 12.1. The molecule has 1 unspecified atom stereocenters. The van der Waals surface area contributed by atoms with Gasteiger partial charge in [-0.2, -0.15) is 18.3 Å². The highest BCUT2D eigenvalue weighted by atomic mass is 19.4. The predicted octanol–water partition coefficient (Wildman–Crippen LogP) is 2.44. The number of amides is 1. The zero-order chi connectivity index (χ0) is 16.4. The third-order valence-corrected chi connectivity index (χ3v) is 3.83. The summed E-state index contributed by atoms with van der Waals surface area (Å²) in [5.74, 6) is -0.283. The maximum absolute atomic E-state index is 13.1. The first kappa shape index (κ1) is 15.4. The summed E-state index contributed by atoms with van der Waals surface area (Å²) in [4.78, 5) is 13.6. The molecule has 0 radical (unpaired) electrons. The van der Waals surface area contributed by atoms with E-state index in [0.29, 0.717) is 25.1 Å². The van der Waals surface area contributed by atoms with Crippen molar-refractivity contribution in [3.05, 3.63) is 47.8 Å². The van der Waals surface area contributed by atoms with Crippen molar-refractivity contribution in [2.24, 2.45) is 0 Å². The Balaban J connectivity index is 1.70. The lowest BCUT2D eigenvalue weighted by Crippen LogP contribution is -2.37. The van der Waals surface area contributed by atoms with Gasteiger partial charge >= 0.3 is 6.18 Å². The molecule has 1 aliphatic rings. The van der Waals surface area contributed by atoms with Crippen LogP contribution in [0.2, 0.25) is 0 Å². The fraction of sp³-hybridized carbons (Fsp3) is 0.333. The molecule has 1 amide bonds. The maximum atomic E-state index is 13.1. The average molecular weight is 324 g/mol. The molecule has 1 atom stereocenters. The minimum atomic E-state index is -4.39. The maximum Gasteiger partial charge on any atom is 0.418 e. The molecule has 3 rings (SSSR count). The van der Waals surface area contributed by atoms with E-state index >= 15 is 0 Å². The van der Waals surface area contributed by atoms with Crippen LogP contribution in [0.3, 0.4) is 0 Å². The van der Waals surface area contributed by atoms with E-state index < -0.39 is 11.7 Å². The normalized spacial score (nSPS) is 18.2. The highest BCUT2D eigenvalue weighted by Gasteiger charge is 2.36. The van der Waals surface area contributed by atoms with Crippen LogP contribution >= 0.6 is 0 Å². The first-order valence-corrected chi connectivity index (χ1v) is 7.16. The van der Waals surface area contributed by atoms with Crippen molar-refractivity contribution in [3.8, 4) is 0 Å². The predicted molar refractivity (Wildman–Crippen MR) is 78.1 cm³/mol. The second kappa shape index (κ2) is 5.94. The molecule has 8 heteroatoms. The number of hydrogen-bond donors (Lipinski definition) is 2. The van der Waals surface area contributed by atoms with Gasteiger partial charge < -0.3 is 10.2 Å². The smallest absolute Gasteiger partial charge is 0.369 e. The molecule has 2 N–H and O–H groups in total. The summed E-state index contributed by atoms with van der Waals surface area (Å²) in [7, 11) is 0. The fourth-order valence-electron chi connectivity index (χ4n) is 2.73. The Morgan fingerprint density at radius 2 is 2.13 bits per heavy atom. The summed E-state index contributed by atoms with van der Waals surface area (Å²) in [5.41, 5.74) is -0.0963. The first-order chi connectivity index (χ1) is 10.9. The van der Waals surface area contributed by atoms with E-state index in [9.17, 15) is 18.0 Å². The van der Waals surface area contributed by atoms with Crippen molar-refractivity contribution in [1.82, 2.24) is 15.5 Å². The number of H-pyrrole nitrogens is 1. The Morgan fingerprint density at radius 3 is 2.83 bits per heavy atom. The van der Waals surface area contributed by atoms with Gasteiger partial charge in [0.25, 0.3) is 5.91 Å². The van der Waals surface area contributed by atoms with Gasteiger partial charge in [0.15, 0.2) is 0 Å². The largest absolute Gasteiger partial charge is 0.418 e. The standard InChI is InChI=1S/C15H15F3N4O/c16-15(17,18)12-3-1-2-4-13(12)22-6-5-11(9-22)21-14(23)10-7-19-20-8-10/h1-4,7-8,11H,5-6,9H2,(H,19,20)(H,21,23). The summed E-state index contributed by atoms with van der Waals surface area (Å²) in [6, 6.07) is 5.30. The van der Waals surface area contributed by atoms with Gasteiger partial charge in [0.05, 0.1) is 17.3 Å². The average Bonchev–Trinajstić information content (AvgIpc) is 3.18. The van der Waals surface area contributed by atoms with E-state index in [1.807, 2.05) is 0 Å². The number of anilines is 1. The number of para-hydroxylation sites is 1. The number of alkyl halides is 3. The molecule has 0 bridgehead atoms. The Bertz CT molecular complexity index is 684. The van der Waals surface area contributed by atoms with Gasteiger partial charge in [-0.15, -0.1) is 0 Å². The Labute approximate surface area is 130 Å². The van der Waals surface area contributed by atoms with E-state index in [2.05, 4.69) is 15.5 Å².